The number of ether oxygens (including phenoxy) is 1. The molecule has 0 aliphatic carbocycles. The third-order valence-electron chi connectivity index (χ3n) is 4.55. The summed E-state index contributed by atoms with van der Waals surface area (Å²) in [6, 6.07) is 13.5. The van der Waals surface area contributed by atoms with Crippen molar-refractivity contribution in [2.75, 3.05) is 13.2 Å². The quantitative estimate of drug-likeness (QED) is 0.670. The monoisotopic (exact) mass is 350 g/mol. The van der Waals surface area contributed by atoms with Gasteiger partial charge in [-0.1, -0.05) is 30.3 Å². The van der Waals surface area contributed by atoms with Gasteiger partial charge in [-0.05, 0) is 49.1 Å². The number of hydrogen-bond donors (Lipinski definition) is 2. The number of aromatic nitrogens is 1. The molecule has 2 N–H and O–H groups in total. The van der Waals surface area contributed by atoms with E-state index in [-0.39, 0.29) is 12.5 Å². The van der Waals surface area contributed by atoms with E-state index in [0.29, 0.717) is 18.5 Å². The molecule has 0 spiro atoms. The summed E-state index contributed by atoms with van der Waals surface area (Å²) in [4.78, 5) is 27.3. The van der Waals surface area contributed by atoms with E-state index in [9.17, 15) is 9.59 Å². The zero-order valence-electron chi connectivity index (χ0n) is 15.0. The minimum absolute atomic E-state index is 0.278. The van der Waals surface area contributed by atoms with E-state index in [1.807, 2.05) is 44.3 Å². The van der Waals surface area contributed by atoms with E-state index in [1.54, 1.807) is 12.1 Å². The molecule has 2 aromatic carbocycles. The van der Waals surface area contributed by atoms with E-state index >= 15 is 0 Å². The van der Waals surface area contributed by atoms with Gasteiger partial charge >= 0.3 is 5.97 Å². The van der Waals surface area contributed by atoms with Crippen molar-refractivity contribution in [2.45, 2.75) is 20.3 Å². The number of fused-ring (bicyclic) bond motifs is 1. The van der Waals surface area contributed by atoms with Gasteiger partial charge in [0.2, 0.25) is 0 Å². The Hall–Kier alpha value is -3.08. The number of aromatic amines is 1. The lowest BCUT2D eigenvalue weighted by Crippen LogP contribution is -2.30. The van der Waals surface area contributed by atoms with Crippen molar-refractivity contribution in [1.82, 2.24) is 10.3 Å². The fourth-order valence-corrected chi connectivity index (χ4v) is 2.91. The van der Waals surface area contributed by atoms with Gasteiger partial charge in [0, 0.05) is 23.6 Å². The van der Waals surface area contributed by atoms with Crippen LogP contribution in [0.1, 0.15) is 27.0 Å². The van der Waals surface area contributed by atoms with Crippen molar-refractivity contribution >= 4 is 22.8 Å². The van der Waals surface area contributed by atoms with Crippen LogP contribution in [0.2, 0.25) is 0 Å². The molecule has 0 bridgehead atoms. The van der Waals surface area contributed by atoms with Crippen LogP contribution in [0.5, 0.6) is 0 Å². The van der Waals surface area contributed by atoms with Gasteiger partial charge in [0.1, 0.15) is 0 Å². The smallest absolute Gasteiger partial charge is 0.338 e. The predicted molar refractivity (Wildman–Crippen MR) is 101 cm³/mol. The fourth-order valence-electron chi connectivity index (χ4n) is 2.91. The van der Waals surface area contributed by atoms with Gasteiger partial charge in [0.05, 0.1) is 5.56 Å². The summed E-state index contributed by atoms with van der Waals surface area (Å²) in [5, 5.41) is 3.94. The van der Waals surface area contributed by atoms with Crippen molar-refractivity contribution in [3.63, 3.8) is 0 Å². The van der Waals surface area contributed by atoms with E-state index in [4.69, 9.17) is 4.74 Å². The highest BCUT2D eigenvalue weighted by molar-refractivity contribution is 5.93. The zero-order chi connectivity index (χ0) is 18.5. The minimum atomic E-state index is -0.474. The standard InChI is InChI=1S/C21H22N2O3/c1-14-6-5-8-17(15(14)2)21(25)26-13-20(24)22-11-10-16-12-23-19-9-4-3-7-18(16)19/h3-9,12,23H,10-11,13H2,1-2H3,(H,22,24). The number of para-hydroxylation sites is 1. The molecule has 5 heteroatoms. The molecular formula is C21H22N2O3. The van der Waals surface area contributed by atoms with Crippen LogP contribution < -0.4 is 5.32 Å². The summed E-state index contributed by atoms with van der Waals surface area (Å²) in [7, 11) is 0. The van der Waals surface area contributed by atoms with Gasteiger partial charge in [-0.25, -0.2) is 4.79 Å². The Morgan fingerprint density at radius 2 is 1.88 bits per heavy atom. The molecule has 0 aliphatic heterocycles. The SMILES string of the molecule is Cc1cccc(C(=O)OCC(=O)NCCc2c[nH]c3ccccc23)c1C. The molecule has 3 aromatic rings. The Bertz CT molecular complexity index is 943. The topological polar surface area (TPSA) is 71.2 Å². The van der Waals surface area contributed by atoms with E-state index in [1.165, 1.54) is 0 Å². The average Bonchev–Trinajstić information content (AvgIpc) is 3.05. The number of aryl methyl sites for hydroxylation is 1. The molecule has 1 amide bonds. The molecule has 3 rings (SSSR count). The first-order valence-corrected chi connectivity index (χ1v) is 8.61. The maximum atomic E-state index is 12.1. The molecule has 0 unspecified atom stereocenters. The molecule has 0 atom stereocenters. The third-order valence-corrected chi connectivity index (χ3v) is 4.55. The van der Waals surface area contributed by atoms with Gasteiger partial charge in [0.25, 0.3) is 5.91 Å². The Kier molecular flexibility index (Phi) is 5.37. The lowest BCUT2D eigenvalue weighted by molar-refractivity contribution is -0.124. The van der Waals surface area contributed by atoms with E-state index in [0.717, 1.165) is 27.6 Å². The van der Waals surface area contributed by atoms with Crippen LogP contribution >= 0.6 is 0 Å². The van der Waals surface area contributed by atoms with Crippen molar-refractivity contribution in [3.8, 4) is 0 Å². The number of esters is 1. The van der Waals surface area contributed by atoms with E-state index in [2.05, 4.69) is 16.4 Å². The van der Waals surface area contributed by atoms with Crippen molar-refractivity contribution in [1.29, 1.82) is 0 Å². The second-order valence-corrected chi connectivity index (χ2v) is 6.28. The Balaban J connectivity index is 1.47. The summed E-state index contributed by atoms with van der Waals surface area (Å²) in [5.74, 6) is -0.776. The number of amides is 1. The Labute approximate surface area is 152 Å². The molecule has 1 heterocycles. The Morgan fingerprint density at radius 1 is 1.08 bits per heavy atom. The summed E-state index contributed by atoms with van der Waals surface area (Å²) < 4.78 is 5.13. The molecule has 26 heavy (non-hydrogen) atoms. The largest absolute Gasteiger partial charge is 0.452 e. The second-order valence-electron chi connectivity index (χ2n) is 6.28. The number of rotatable bonds is 6. The highest BCUT2D eigenvalue weighted by atomic mass is 16.5. The minimum Gasteiger partial charge on any atom is -0.452 e. The van der Waals surface area contributed by atoms with E-state index < -0.39 is 5.97 Å². The molecule has 5 nitrogen and oxygen atoms in total. The number of nitrogens with one attached hydrogen (secondary N) is 2. The average molecular weight is 350 g/mol. The highest BCUT2D eigenvalue weighted by Gasteiger charge is 2.13. The number of hydrogen-bond acceptors (Lipinski definition) is 3. The molecule has 134 valence electrons. The van der Waals surface area contributed by atoms with Crippen LogP contribution in [0.25, 0.3) is 10.9 Å². The molecular weight excluding hydrogens is 328 g/mol. The molecule has 0 fully saturated rings. The lowest BCUT2D eigenvalue weighted by atomic mass is 10.0. The van der Waals surface area contributed by atoms with Crippen LogP contribution in [-0.2, 0) is 16.0 Å². The first kappa shape index (κ1) is 17.7. The maximum absolute atomic E-state index is 12.1. The first-order valence-electron chi connectivity index (χ1n) is 8.61. The first-order chi connectivity index (χ1) is 12.6. The lowest BCUT2D eigenvalue weighted by Gasteiger charge is -2.09. The normalized spacial score (nSPS) is 10.7. The number of benzene rings is 2. The maximum Gasteiger partial charge on any atom is 0.338 e. The summed E-state index contributed by atoms with van der Waals surface area (Å²) in [6.45, 7) is 4.01. The number of carbonyl (C=O) groups excluding carboxylic acids is 2. The van der Waals surface area contributed by atoms with Crippen LogP contribution in [0, 0.1) is 13.8 Å². The number of carbonyl (C=O) groups is 2. The van der Waals surface area contributed by atoms with Crippen LogP contribution in [0.15, 0.2) is 48.7 Å². The molecule has 0 aliphatic rings. The Morgan fingerprint density at radius 3 is 2.73 bits per heavy atom. The molecule has 0 saturated carbocycles. The van der Waals surface area contributed by atoms with Crippen LogP contribution in [0.3, 0.4) is 0 Å². The summed E-state index contributed by atoms with van der Waals surface area (Å²) in [5.41, 5.74) is 4.61. The fraction of sp³-hybridized carbons (Fsp3) is 0.238. The molecule has 0 radical (unpaired) electrons. The van der Waals surface area contributed by atoms with Gasteiger partial charge in [-0.2, -0.15) is 0 Å². The van der Waals surface area contributed by atoms with Crippen LogP contribution in [0.4, 0.5) is 0 Å². The summed E-state index contributed by atoms with van der Waals surface area (Å²) in [6.07, 6.45) is 2.66. The highest BCUT2D eigenvalue weighted by Crippen LogP contribution is 2.17. The van der Waals surface area contributed by atoms with Crippen molar-refractivity contribution < 1.29 is 14.3 Å². The third kappa shape index (κ3) is 3.94. The zero-order valence-corrected chi connectivity index (χ0v) is 15.0. The van der Waals surface area contributed by atoms with Gasteiger partial charge in [-0.3, -0.25) is 4.79 Å². The summed E-state index contributed by atoms with van der Waals surface area (Å²) >= 11 is 0. The van der Waals surface area contributed by atoms with Crippen molar-refractivity contribution in [2.24, 2.45) is 0 Å². The van der Waals surface area contributed by atoms with Crippen LogP contribution in [-0.4, -0.2) is 30.0 Å². The predicted octanol–water partition coefficient (Wildman–Crippen LogP) is 3.30. The molecule has 0 saturated heterocycles. The van der Waals surface area contributed by atoms with Gasteiger partial charge in [0.15, 0.2) is 6.61 Å². The second kappa shape index (κ2) is 7.87. The number of H-pyrrole nitrogens is 1. The van der Waals surface area contributed by atoms with Gasteiger partial charge in [-0.15, -0.1) is 0 Å². The van der Waals surface area contributed by atoms with Crippen molar-refractivity contribution in [3.05, 3.63) is 70.9 Å². The molecule has 1 aromatic heterocycles. The van der Waals surface area contributed by atoms with Gasteiger partial charge < -0.3 is 15.0 Å².